The van der Waals surface area contributed by atoms with Crippen molar-refractivity contribution in [1.82, 2.24) is 5.32 Å². The first-order chi connectivity index (χ1) is 8.78. The Hall–Kier alpha value is -1.39. The molecule has 3 N–H and O–H groups in total. The summed E-state index contributed by atoms with van der Waals surface area (Å²) in [6.07, 6.45) is 0.343. The van der Waals surface area contributed by atoms with Gasteiger partial charge in [0.05, 0.1) is 0 Å². The smallest absolute Gasteiger partial charge is 0.220 e. The van der Waals surface area contributed by atoms with Crippen molar-refractivity contribution >= 4 is 23.3 Å². The first kappa shape index (κ1) is 15.7. The largest absolute Gasteiger partial charge is 0.354 e. The zero-order valence-corrected chi connectivity index (χ0v) is 12.0. The Balaban J connectivity index is 2.38. The van der Waals surface area contributed by atoms with Gasteiger partial charge in [-0.25, -0.2) is 0 Å². The molecule has 0 aromatic heterocycles. The van der Waals surface area contributed by atoms with E-state index in [2.05, 4.69) is 5.32 Å². The van der Waals surface area contributed by atoms with Gasteiger partial charge in [0.15, 0.2) is 5.78 Å². The lowest BCUT2D eigenvalue weighted by atomic mass is 10.1. The number of ketones is 1. The third kappa shape index (κ3) is 6.36. The van der Waals surface area contributed by atoms with Crippen LogP contribution < -0.4 is 11.1 Å². The van der Waals surface area contributed by atoms with Crippen molar-refractivity contribution < 1.29 is 9.59 Å². The SMILES string of the molecule is CC(C)(N)CNC(=O)CCC(=O)c1ccc(Cl)cc1. The second kappa shape index (κ2) is 6.68. The van der Waals surface area contributed by atoms with Crippen LogP contribution in [0.25, 0.3) is 0 Å². The molecule has 0 aliphatic carbocycles. The summed E-state index contributed by atoms with van der Waals surface area (Å²) < 4.78 is 0. The number of halogens is 1. The molecule has 1 aromatic rings. The third-order valence-electron chi connectivity index (χ3n) is 2.49. The maximum absolute atomic E-state index is 11.8. The number of benzene rings is 1. The number of amides is 1. The lowest BCUT2D eigenvalue weighted by Gasteiger charge is -2.18. The van der Waals surface area contributed by atoms with E-state index in [1.54, 1.807) is 24.3 Å². The topological polar surface area (TPSA) is 72.2 Å². The predicted molar refractivity (Wildman–Crippen MR) is 76.3 cm³/mol. The van der Waals surface area contributed by atoms with Gasteiger partial charge in [-0.05, 0) is 38.1 Å². The summed E-state index contributed by atoms with van der Waals surface area (Å²) in [4.78, 5) is 23.4. The molecule has 1 rings (SSSR count). The molecule has 0 unspecified atom stereocenters. The fraction of sp³-hybridized carbons (Fsp3) is 0.429. The molecular formula is C14H19ClN2O2. The molecule has 0 heterocycles. The summed E-state index contributed by atoms with van der Waals surface area (Å²) in [7, 11) is 0. The van der Waals surface area contributed by atoms with Crippen molar-refractivity contribution in [3.05, 3.63) is 34.9 Å². The minimum atomic E-state index is -0.449. The number of carbonyl (C=O) groups is 2. The Morgan fingerprint density at radius 1 is 1.21 bits per heavy atom. The molecule has 0 fully saturated rings. The van der Waals surface area contributed by atoms with E-state index in [-0.39, 0.29) is 24.5 Å². The minimum Gasteiger partial charge on any atom is -0.354 e. The van der Waals surface area contributed by atoms with Gasteiger partial charge in [-0.3, -0.25) is 9.59 Å². The van der Waals surface area contributed by atoms with Crippen molar-refractivity contribution in [2.24, 2.45) is 5.73 Å². The first-order valence-corrected chi connectivity index (χ1v) is 6.50. The molecule has 0 radical (unpaired) electrons. The monoisotopic (exact) mass is 282 g/mol. The summed E-state index contributed by atoms with van der Waals surface area (Å²) >= 11 is 5.74. The molecule has 4 nitrogen and oxygen atoms in total. The highest BCUT2D eigenvalue weighted by Gasteiger charge is 2.13. The molecule has 0 bridgehead atoms. The van der Waals surface area contributed by atoms with Crippen LogP contribution in [0.4, 0.5) is 0 Å². The van der Waals surface area contributed by atoms with E-state index in [1.165, 1.54) is 0 Å². The molecule has 0 aliphatic heterocycles. The van der Waals surface area contributed by atoms with Crippen LogP contribution in [0.5, 0.6) is 0 Å². The molecule has 0 aliphatic rings. The molecule has 5 heteroatoms. The van der Waals surface area contributed by atoms with E-state index in [4.69, 9.17) is 17.3 Å². The van der Waals surface area contributed by atoms with E-state index in [0.29, 0.717) is 17.1 Å². The first-order valence-electron chi connectivity index (χ1n) is 6.12. The van der Waals surface area contributed by atoms with Crippen LogP contribution in [-0.2, 0) is 4.79 Å². The van der Waals surface area contributed by atoms with Crippen LogP contribution >= 0.6 is 11.6 Å². The van der Waals surface area contributed by atoms with Crippen LogP contribution in [0.2, 0.25) is 5.02 Å². The van der Waals surface area contributed by atoms with Gasteiger partial charge in [0.1, 0.15) is 0 Å². The summed E-state index contributed by atoms with van der Waals surface area (Å²) in [6.45, 7) is 4.04. The van der Waals surface area contributed by atoms with Gasteiger partial charge in [0.2, 0.25) is 5.91 Å². The third-order valence-corrected chi connectivity index (χ3v) is 2.74. The Bertz CT molecular complexity index is 450. The molecule has 104 valence electrons. The highest BCUT2D eigenvalue weighted by molar-refractivity contribution is 6.30. The van der Waals surface area contributed by atoms with Crippen molar-refractivity contribution in [1.29, 1.82) is 0 Å². The zero-order valence-electron chi connectivity index (χ0n) is 11.2. The van der Waals surface area contributed by atoms with Crippen LogP contribution in [0.15, 0.2) is 24.3 Å². The van der Waals surface area contributed by atoms with E-state index in [0.717, 1.165) is 0 Å². The maximum atomic E-state index is 11.8. The zero-order chi connectivity index (χ0) is 14.5. The molecular weight excluding hydrogens is 264 g/mol. The second-order valence-electron chi connectivity index (χ2n) is 5.20. The molecule has 0 saturated heterocycles. The average Bonchev–Trinajstić information content (AvgIpc) is 2.33. The van der Waals surface area contributed by atoms with Crippen LogP contribution in [0.3, 0.4) is 0 Å². The Labute approximate surface area is 118 Å². The number of hydrogen-bond donors (Lipinski definition) is 2. The fourth-order valence-corrected chi connectivity index (χ4v) is 1.55. The Morgan fingerprint density at radius 3 is 2.32 bits per heavy atom. The number of nitrogens with two attached hydrogens (primary N) is 1. The van der Waals surface area contributed by atoms with E-state index < -0.39 is 5.54 Å². The molecule has 0 spiro atoms. The van der Waals surface area contributed by atoms with Gasteiger partial charge in [-0.2, -0.15) is 0 Å². The Kier molecular flexibility index (Phi) is 5.51. The summed E-state index contributed by atoms with van der Waals surface area (Å²) in [6, 6.07) is 6.63. The van der Waals surface area contributed by atoms with E-state index >= 15 is 0 Å². The van der Waals surface area contributed by atoms with E-state index in [9.17, 15) is 9.59 Å². The number of Topliss-reactive ketones (excluding diaryl/α,β-unsaturated/α-hetero) is 1. The highest BCUT2D eigenvalue weighted by Crippen LogP contribution is 2.11. The van der Waals surface area contributed by atoms with Crippen LogP contribution in [0, 0.1) is 0 Å². The van der Waals surface area contributed by atoms with Crippen molar-refractivity contribution in [2.75, 3.05) is 6.54 Å². The van der Waals surface area contributed by atoms with Gasteiger partial charge in [-0.15, -0.1) is 0 Å². The Morgan fingerprint density at radius 2 is 1.79 bits per heavy atom. The minimum absolute atomic E-state index is 0.0705. The maximum Gasteiger partial charge on any atom is 0.220 e. The van der Waals surface area contributed by atoms with Crippen molar-refractivity contribution in [3.63, 3.8) is 0 Å². The van der Waals surface area contributed by atoms with Gasteiger partial charge < -0.3 is 11.1 Å². The second-order valence-corrected chi connectivity index (χ2v) is 5.63. The molecule has 1 amide bonds. The van der Waals surface area contributed by atoms with Gasteiger partial charge in [0.25, 0.3) is 0 Å². The lowest BCUT2D eigenvalue weighted by Crippen LogP contribution is -2.45. The number of nitrogens with one attached hydrogen (secondary N) is 1. The van der Waals surface area contributed by atoms with Gasteiger partial charge >= 0.3 is 0 Å². The van der Waals surface area contributed by atoms with E-state index in [1.807, 2.05) is 13.8 Å². The molecule has 0 atom stereocenters. The summed E-state index contributed by atoms with van der Waals surface area (Å²) in [5.74, 6) is -0.236. The van der Waals surface area contributed by atoms with Crippen LogP contribution in [0.1, 0.15) is 37.0 Å². The fourth-order valence-electron chi connectivity index (χ4n) is 1.42. The molecule has 19 heavy (non-hydrogen) atoms. The predicted octanol–water partition coefficient (Wildman–Crippen LogP) is 2.16. The van der Waals surface area contributed by atoms with Gasteiger partial charge in [-0.1, -0.05) is 11.6 Å². The van der Waals surface area contributed by atoms with Crippen LogP contribution in [-0.4, -0.2) is 23.8 Å². The van der Waals surface area contributed by atoms with Crippen molar-refractivity contribution in [3.8, 4) is 0 Å². The lowest BCUT2D eigenvalue weighted by molar-refractivity contribution is -0.121. The number of rotatable bonds is 6. The molecule has 0 saturated carbocycles. The molecule has 1 aromatic carbocycles. The highest BCUT2D eigenvalue weighted by atomic mass is 35.5. The summed E-state index contributed by atoms with van der Waals surface area (Å²) in [5.41, 5.74) is 5.87. The number of carbonyl (C=O) groups excluding carboxylic acids is 2. The quantitative estimate of drug-likeness (QED) is 0.785. The normalized spacial score (nSPS) is 11.2. The summed E-state index contributed by atoms with van der Waals surface area (Å²) in [5, 5.41) is 3.28. The number of hydrogen-bond acceptors (Lipinski definition) is 3. The van der Waals surface area contributed by atoms with Crippen molar-refractivity contribution in [2.45, 2.75) is 32.2 Å². The van der Waals surface area contributed by atoms with Gasteiger partial charge in [0, 0.05) is 35.5 Å². The standard InChI is InChI=1S/C14H19ClN2O2/c1-14(2,16)9-17-13(19)8-7-12(18)10-3-5-11(15)6-4-10/h3-6H,7-9,16H2,1-2H3,(H,17,19). The average molecular weight is 283 g/mol.